The first-order valence-electron chi connectivity index (χ1n) is 2.55. The largest absolute Gasteiger partial charge is 0.207 e. The van der Waals surface area contributed by atoms with Crippen molar-refractivity contribution in [1.29, 1.82) is 0 Å². The van der Waals surface area contributed by atoms with Crippen molar-refractivity contribution in [3.8, 4) is 0 Å². The fraction of sp³-hybridized carbons (Fsp3) is 0.143. The number of halogens is 1. The molecule has 0 N–H and O–H groups in total. The number of allylic oxidation sites excluding steroid dienone is 4. The molecule has 0 aromatic heterocycles. The van der Waals surface area contributed by atoms with Gasteiger partial charge in [0.15, 0.2) is 0 Å². The van der Waals surface area contributed by atoms with Gasteiger partial charge in [0, 0.05) is 4.91 Å². The van der Waals surface area contributed by atoms with Gasteiger partial charge in [-0.3, -0.25) is 0 Å². The molecule has 0 unspecified atom stereocenters. The van der Waals surface area contributed by atoms with Gasteiger partial charge in [0.05, 0.1) is 0 Å². The molecule has 0 rings (SSSR count). The Kier molecular flexibility index (Phi) is 4.14. The van der Waals surface area contributed by atoms with Crippen LogP contribution in [0.1, 0.15) is 6.92 Å². The third-order valence-electron chi connectivity index (χ3n) is 0.771. The zero-order valence-corrected chi connectivity index (χ0v) is 6.16. The molecule has 0 saturated carbocycles. The molecule has 9 heavy (non-hydrogen) atoms. The summed E-state index contributed by atoms with van der Waals surface area (Å²) in [6.07, 6.45) is 4.14. The van der Waals surface area contributed by atoms with Crippen molar-refractivity contribution >= 4 is 12.6 Å². The first-order valence-corrected chi connectivity index (χ1v) is 3.00. The van der Waals surface area contributed by atoms with E-state index < -0.39 is 0 Å². The van der Waals surface area contributed by atoms with Gasteiger partial charge in [-0.05, 0) is 13.0 Å². The van der Waals surface area contributed by atoms with Crippen molar-refractivity contribution in [3.63, 3.8) is 0 Å². The Morgan fingerprint density at radius 3 is 2.56 bits per heavy atom. The van der Waals surface area contributed by atoms with Crippen molar-refractivity contribution in [2.24, 2.45) is 0 Å². The van der Waals surface area contributed by atoms with Crippen LogP contribution < -0.4 is 0 Å². The highest BCUT2D eigenvalue weighted by Crippen LogP contribution is 2.07. The topological polar surface area (TPSA) is 0 Å². The van der Waals surface area contributed by atoms with Crippen molar-refractivity contribution in [3.05, 3.63) is 35.5 Å². The highest BCUT2D eigenvalue weighted by atomic mass is 32.1. The van der Waals surface area contributed by atoms with E-state index in [0.717, 1.165) is 0 Å². The molecule has 50 valence electrons. The van der Waals surface area contributed by atoms with E-state index in [9.17, 15) is 4.39 Å². The lowest BCUT2D eigenvalue weighted by Crippen LogP contribution is -1.64. The normalized spacial score (nSPS) is 13.7. The van der Waals surface area contributed by atoms with E-state index in [0.29, 0.717) is 4.91 Å². The van der Waals surface area contributed by atoms with Crippen LogP contribution in [0.3, 0.4) is 0 Å². The molecule has 0 fully saturated rings. The fourth-order valence-electron chi connectivity index (χ4n) is 0.284. The zero-order valence-electron chi connectivity index (χ0n) is 5.26. The van der Waals surface area contributed by atoms with E-state index in [1.54, 1.807) is 6.92 Å². The maximum absolute atomic E-state index is 12.3. The van der Waals surface area contributed by atoms with Crippen LogP contribution >= 0.6 is 12.6 Å². The minimum Gasteiger partial charge on any atom is -0.207 e. The van der Waals surface area contributed by atoms with Gasteiger partial charge in [-0.2, -0.15) is 0 Å². The van der Waals surface area contributed by atoms with Gasteiger partial charge in [0.2, 0.25) is 0 Å². The molecule has 0 amide bonds. The molecule has 0 spiro atoms. The van der Waals surface area contributed by atoms with Crippen molar-refractivity contribution in [2.75, 3.05) is 0 Å². The summed E-state index contributed by atoms with van der Waals surface area (Å²) >= 11 is 3.89. The van der Waals surface area contributed by atoms with Crippen LogP contribution in [-0.2, 0) is 0 Å². The number of thiol groups is 1. The average molecular weight is 144 g/mol. The maximum Gasteiger partial charge on any atom is 0.120 e. The van der Waals surface area contributed by atoms with Crippen LogP contribution in [-0.4, -0.2) is 0 Å². The lowest BCUT2D eigenvalue weighted by Gasteiger charge is -1.85. The van der Waals surface area contributed by atoms with Crippen LogP contribution in [0.5, 0.6) is 0 Å². The Morgan fingerprint density at radius 1 is 1.67 bits per heavy atom. The first-order chi connectivity index (χ1) is 4.20. The Balaban J connectivity index is 4.11. The molecule has 0 aliphatic heterocycles. The Bertz CT molecular complexity index is 156. The quantitative estimate of drug-likeness (QED) is 0.447. The van der Waals surface area contributed by atoms with Gasteiger partial charge in [-0.15, -0.1) is 12.6 Å². The third-order valence-corrected chi connectivity index (χ3v) is 1.08. The van der Waals surface area contributed by atoms with Crippen LogP contribution in [0, 0.1) is 0 Å². The van der Waals surface area contributed by atoms with E-state index in [1.807, 2.05) is 0 Å². The summed E-state index contributed by atoms with van der Waals surface area (Å²) in [5, 5.41) is 0. The molecule has 0 aliphatic rings. The summed E-state index contributed by atoms with van der Waals surface area (Å²) in [6.45, 7) is 5.03. The van der Waals surface area contributed by atoms with E-state index >= 15 is 0 Å². The number of hydrogen-bond donors (Lipinski definition) is 1. The van der Waals surface area contributed by atoms with E-state index in [-0.39, 0.29) is 5.83 Å². The molecule has 0 heterocycles. The van der Waals surface area contributed by atoms with E-state index in [1.165, 1.54) is 18.2 Å². The smallest absolute Gasteiger partial charge is 0.120 e. The van der Waals surface area contributed by atoms with E-state index in [4.69, 9.17) is 0 Å². The van der Waals surface area contributed by atoms with Gasteiger partial charge in [0.25, 0.3) is 0 Å². The molecule has 0 aliphatic carbocycles. The maximum atomic E-state index is 12.3. The van der Waals surface area contributed by atoms with E-state index in [2.05, 4.69) is 19.2 Å². The Morgan fingerprint density at radius 2 is 2.22 bits per heavy atom. The highest BCUT2D eigenvalue weighted by Gasteiger charge is 1.84. The second-order valence-corrected chi connectivity index (χ2v) is 1.96. The summed E-state index contributed by atoms with van der Waals surface area (Å²) in [5.74, 6) is -0.292. The van der Waals surface area contributed by atoms with Gasteiger partial charge >= 0.3 is 0 Å². The van der Waals surface area contributed by atoms with Gasteiger partial charge in [-0.25, -0.2) is 4.39 Å². The van der Waals surface area contributed by atoms with Gasteiger partial charge < -0.3 is 0 Å². The minimum absolute atomic E-state index is 0.292. The number of rotatable bonds is 2. The monoisotopic (exact) mass is 144 g/mol. The summed E-state index contributed by atoms with van der Waals surface area (Å²) in [7, 11) is 0. The first kappa shape index (κ1) is 8.50. The summed E-state index contributed by atoms with van der Waals surface area (Å²) in [5.41, 5.74) is 0. The lowest BCUT2D eigenvalue weighted by atomic mass is 10.4. The molecule has 0 aromatic rings. The summed E-state index contributed by atoms with van der Waals surface area (Å²) in [4.78, 5) is 0.533. The average Bonchev–Trinajstić information content (AvgIpc) is 1.87. The lowest BCUT2D eigenvalue weighted by molar-refractivity contribution is 0.664. The predicted octanol–water partition coefficient (Wildman–Crippen LogP) is 2.86. The molecule has 2 heteroatoms. The molecule has 0 saturated heterocycles. The third kappa shape index (κ3) is 4.03. The number of hydrogen-bond acceptors (Lipinski definition) is 1. The van der Waals surface area contributed by atoms with Crippen LogP contribution in [0.2, 0.25) is 0 Å². The molecular weight excluding hydrogens is 135 g/mol. The fourth-order valence-corrected chi connectivity index (χ4v) is 0.407. The van der Waals surface area contributed by atoms with Crippen LogP contribution in [0.15, 0.2) is 35.5 Å². The second-order valence-electron chi connectivity index (χ2n) is 1.45. The Labute approximate surface area is 60.2 Å². The molecule has 0 aromatic carbocycles. The summed E-state index contributed by atoms with van der Waals surface area (Å²) < 4.78 is 12.3. The van der Waals surface area contributed by atoms with Gasteiger partial charge in [-0.1, -0.05) is 18.7 Å². The standard InChI is InChI=1S/C7H9FS/c1-3-6(8)5-7(9)4-2/h3-5,9H,2H2,1H3/b6-3+,7-5+. The van der Waals surface area contributed by atoms with Crippen molar-refractivity contribution in [1.82, 2.24) is 0 Å². The molecular formula is C7H9FS. The predicted molar refractivity (Wildman–Crippen MR) is 42.1 cm³/mol. The summed E-state index contributed by atoms with van der Waals surface area (Å²) in [6, 6.07) is 0. The second kappa shape index (κ2) is 4.39. The van der Waals surface area contributed by atoms with Crippen molar-refractivity contribution < 1.29 is 4.39 Å². The highest BCUT2D eigenvalue weighted by molar-refractivity contribution is 7.84. The molecule has 0 radical (unpaired) electrons. The molecule has 0 bridgehead atoms. The molecule has 0 nitrogen and oxygen atoms in total. The minimum atomic E-state index is -0.292. The zero-order chi connectivity index (χ0) is 7.28. The SMILES string of the molecule is C=C/C(S)=C\C(F)=C/C. The van der Waals surface area contributed by atoms with Crippen LogP contribution in [0.4, 0.5) is 4.39 Å². The Hall–Kier alpha value is -0.500. The van der Waals surface area contributed by atoms with Crippen LogP contribution in [0.25, 0.3) is 0 Å². The van der Waals surface area contributed by atoms with Gasteiger partial charge in [0.1, 0.15) is 5.83 Å². The van der Waals surface area contributed by atoms with Crippen molar-refractivity contribution in [2.45, 2.75) is 6.92 Å². The molecule has 0 atom stereocenters.